The Labute approximate surface area is 118 Å². The normalized spacial score (nSPS) is 21.7. The van der Waals surface area contributed by atoms with E-state index in [1.54, 1.807) is 12.3 Å². The van der Waals surface area contributed by atoms with Crippen molar-refractivity contribution in [1.29, 1.82) is 0 Å². The Hall–Kier alpha value is -1.82. The molecular weight excluding hydrogens is 258 g/mol. The summed E-state index contributed by atoms with van der Waals surface area (Å²) < 4.78 is 10.3. The molecule has 0 spiro atoms. The van der Waals surface area contributed by atoms with E-state index < -0.39 is 5.97 Å². The number of nitrogens with one attached hydrogen (secondary N) is 1. The molecule has 0 saturated carbocycles. The average Bonchev–Trinajstić information content (AvgIpc) is 2.93. The molecule has 2 heterocycles. The van der Waals surface area contributed by atoms with E-state index in [0.29, 0.717) is 23.0 Å². The predicted molar refractivity (Wildman–Crippen MR) is 76.6 cm³/mol. The number of anilines is 2. The van der Waals surface area contributed by atoms with Crippen LogP contribution in [0.1, 0.15) is 30.1 Å². The maximum Gasteiger partial charge on any atom is 0.340 e. The second kappa shape index (κ2) is 6.56. The molecule has 1 saturated heterocycles. The Morgan fingerprint density at radius 1 is 1.65 bits per heavy atom. The van der Waals surface area contributed by atoms with Crippen molar-refractivity contribution in [3.63, 3.8) is 0 Å². The molecule has 0 aliphatic carbocycles. The lowest BCUT2D eigenvalue weighted by atomic mass is 10.00. The molecule has 0 bridgehead atoms. The van der Waals surface area contributed by atoms with Crippen LogP contribution in [0, 0.1) is 5.92 Å². The van der Waals surface area contributed by atoms with Crippen molar-refractivity contribution in [3.05, 3.63) is 17.8 Å². The fraction of sp³-hybridized carbons (Fsp3) is 0.571. The van der Waals surface area contributed by atoms with E-state index in [-0.39, 0.29) is 6.10 Å². The van der Waals surface area contributed by atoms with Gasteiger partial charge in [-0.25, -0.2) is 9.78 Å². The highest BCUT2D eigenvalue weighted by Crippen LogP contribution is 2.25. The third-order valence-corrected chi connectivity index (χ3v) is 3.68. The molecule has 6 nitrogen and oxygen atoms in total. The number of nitrogens with two attached hydrogens (primary N) is 1. The second-order valence-electron chi connectivity index (χ2n) is 4.86. The first kappa shape index (κ1) is 14.6. The number of nitrogen functional groups attached to an aromatic ring is 1. The van der Waals surface area contributed by atoms with Crippen molar-refractivity contribution in [2.75, 3.05) is 31.3 Å². The summed E-state index contributed by atoms with van der Waals surface area (Å²) in [5.41, 5.74) is 6.61. The van der Waals surface area contributed by atoms with Gasteiger partial charge in [0.05, 0.1) is 24.5 Å². The lowest BCUT2D eigenvalue weighted by molar-refractivity contribution is 0.0602. The minimum absolute atomic E-state index is 0.285. The highest BCUT2D eigenvalue weighted by Gasteiger charge is 2.26. The van der Waals surface area contributed by atoms with Crippen molar-refractivity contribution < 1.29 is 14.3 Å². The Kier molecular flexibility index (Phi) is 4.79. The Morgan fingerprint density at radius 2 is 2.45 bits per heavy atom. The SMILES string of the molecule is CCC1OCCC1CNc1nccc(C(=O)OC)c1N. The van der Waals surface area contributed by atoms with Gasteiger partial charge in [-0.15, -0.1) is 0 Å². The summed E-state index contributed by atoms with van der Waals surface area (Å²) in [4.78, 5) is 15.8. The number of rotatable bonds is 5. The molecule has 110 valence electrons. The summed E-state index contributed by atoms with van der Waals surface area (Å²) in [5.74, 6) is 0.515. The molecular formula is C14H21N3O3. The van der Waals surface area contributed by atoms with Crippen LogP contribution in [0.5, 0.6) is 0 Å². The van der Waals surface area contributed by atoms with Crippen molar-refractivity contribution in [2.45, 2.75) is 25.9 Å². The molecule has 0 amide bonds. The number of carbonyl (C=O) groups is 1. The van der Waals surface area contributed by atoms with Gasteiger partial charge >= 0.3 is 5.97 Å². The van der Waals surface area contributed by atoms with Gasteiger partial charge < -0.3 is 20.5 Å². The van der Waals surface area contributed by atoms with Gasteiger partial charge in [0.25, 0.3) is 0 Å². The van der Waals surface area contributed by atoms with Crippen LogP contribution in [0.4, 0.5) is 11.5 Å². The first-order valence-electron chi connectivity index (χ1n) is 6.85. The molecule has 1 aliphatic rings. The van der Waals surface area contributed by atoms with Gasteiger partial charge in [0.1, 0.15) is 5.82 Å². The van der Waals surface area contributed by atoms with Gasteiger partial charge in [0.15, 0.2) is 0 Å². The fourth-order valence-corrected chi connectivity index (χ4v) is 2.51. The molecule has 0 radical (unpaired) electrons. The van der Waals surface area contributed by atoms with Gasteiger partial charge in [-0.05, 0) is 18.9 Å². The minimum atomic E-state index is -0.455. The molecule has 1 aromatic heterocycles. The molecule has 1 aliphatic heterocycles. The van der Waals surface area contributed by atoms with E-state index in [9.17, 15) is 4.79 Å². The molecule has 2 unspecified atom stereocenters. The van der Waals surface area contributed by atoms with E-state index in [1.165, 1.54) is 7.11 Å². The largest absolute Gasteiger partial charge is 0.465 e. The maximum atomic E-state index is 11.6. The van der Waals surface area contributed by atoms with Crippen LogP contribution in [-0.4, -0.2) is 37.3 Å². The summed E-state index contributed by atoms with van der Waals surface area (Å²) in [6.45, 7) is 3.66. The number of esters is 1. The number of nitrogens with zero attached hydrogens (tertiary/aromatic N) is 1. The zero-order valence-corrected chi connectivity index (χ0v) is 11.9. The smallest absolute Gasteiger partial charge is 0.340 e. The Morgan fingerprint density at radius 3 is 3.15 bits per heavy atom. The summed E-state index contributed by atoms with van der Waals surface area (Å²) in [7, 11) is 1.33. The van der Waals surface area contributed by atoms with Gasteiger partial charge in [-0.3, -0.25) is 0 Å². The third kappa shape index (κ3) is 3.01. The highest BCUT2D eigenvalue weighted by atomic mass is 16.5. The molecule has 3 N–H and O–H groups in total. The first-order chi connectivity index (χ1) is 9.67. The zero-order valence-electron chi connectivity index (χ0n) is 11.9. The molecule has 1 fully saturated rings. The fourth-order valence-electron chi connectivity index (χ4n) is 2.51. The molecule has 6 heteroatoms. The third-order valence-electron chi connectivity index (χ3n) is 3.68. The Balaban J connectivity index is 2.04. The lowest BCUT2D eigenvalue weighted by Crippen LogP contribution is -2.23. The molecule has 1 aromatic rings. The summed E-state index contributed by atoms with van der Waals surface area (Å²) in [6, 6.07) is 1.56. The number of methoxy groups -OCH3 is 1. The van der Waals surface area contributed by atoms with E-state index in [1.807, 2.05) is 0 Å². The quantitative estimate of drug-likeness (QED) is 0.797. The van der Waals surface area contributed by atoms with Crippen LogP contribution in [-0.2, 0) is 9.47 Å². The van der Waals surface area contributed by atoms with Crippen molar-refractivity contribution >= 4 is 17.5 Å². The number of pyridine rings is 1. The highest BCUT2D eigenvalue weighted by molar-refractivity contribution is 5.97. The Bertz CT molecular complexity index is 479. The van der Waals surface area contributed by atoms with Gasteiger partial charge in [0, 0.05) is 25.3 Å². The van der Waals surface area contributed by atoms with Crippen molar-refractivity contribution in [3.8, 4) is 0 Å². The van der Waals surface area contributed by atoms with Crippen molar-refractivity contribution in [1.82, 2.24) is 4.98 Å². The maximum absolute atomic E-state index is 11.6. The molecule has 20 heavy (non-hydrogen) atoms. The van der Waals surface area contributed by atoms with Crippen LogP contribution in [0.3, 0.4) is 0 Å². The van der Waals surface area contributed by atoms with Crippen molar-refractivity contribution in [2.24, 2.45) is 5.92 Å². The van der Waals surface area contributed by atoms with E-state index in [4.69, 9.17) is 10.5 Å². The van der Waals surface area contributed by atoms with Gasteiger partial charge in [0.2, 0.25) is 0 Å². The second-order valence-corrected chi connectivity index (χ2v) is 4.86. The number of ether oxygens (including phenoxy) is 2. The molecule has 2 rings (SSSR count). The van der Waals surface area contributed by atoms with E-state index in [0.717, 1.165) is 26.0 Å². The standard InChI is InChI=1S/C14H21N3O3/c1-3-11-9(5-7-20-11)8-17-13-12(15)10(4-6-16-13)14(18)19-2/h4,6,9,11H,3,5,7-8,15H2,1-2H3,(H,16,17). The molecule has 0 aromatic carbocycles. The number of hydrogen-bond acceptors (Lipinski definition) is 6. The number of hydrogen-bond donors (Lipinski definition) is 2. The van der Waals surface area contributed by atoms with Crippen LogP contribution in [0.25, 0.3) is 0 Å². The number of carbonyl (C=O) groups excluding carboxylic acids is 1. The summed E-state index contributed by atoms with van der Waals surface area (Å²) >= 11 is 0. The summed E-state index contributed by atoms with van der Waals surface area (Å²) in [6.07, 6.45) is 3.86. The molecule has 2 atom stereocenters. The lowest BCUT2D eigenvalue weighted by Gasteiger charge is -2.18. The van der Waals surface area contributed by atoms with Gasteiger partial charge in [-0.1, -0.05) is 6.92 Å². The minimum Gasteiger partial charge on any atom is -0.465 e. The average molecular weight is 279 g/mol. The van der Waals surface area contributed by atoms with Crippen LogP contribution in [0.15, 0.2) is 12.3 Å². The van der Waals surface area contributed by atoms with Crippen LogP contribution >= 0.6 is 0 Å². The van der Waals surface area contributed by atoms with Crippen LogP contribution < -0.4 is 11.1 Å². The van der Waals surface area contributed by atoms with E-state index in [2.05, 4.69) is 22.0 Å². The van der Waals surface area contributed by atoms with E-state index >= 15 is 0 Å². The van der Waals surface area contributed by atoms with Gasteiger partial charge in [-0.2, -0.15) is 0 Å². The monoisotopic (exact) mass is 279 g/mol. The topological polar surface area (TPSA) is 86.5 Å². The zero-order chi connectivity index (χ0) is 14.5. The first-order valence-corrected chi connectivity index (χ1v) is 6.85. The predicted octanol–water partition coefficient (Wildman–Crippen LogP) is 1.68. The number of aromatic nitrogens is 1. The summed E-state index contributed by atoms with van der Waals surface area (Å²) in [5, 5.41) is 3.21. The van der Waals surface area contributed by atoms with Crippen LogP contribution in [0.2, 0.25) is 0 Å².